The van der Waals surface area contributed by atoms with Crippen molar-refractivity contribution in [2.75, 3.05) is 31.2 Å². The van der Waals surface area contributed by atoms with Crippen molar-refractivity contribution in [3.8, 4) is 16.3 Å². The van der Waals surface area contributed by atoms with E-state index in [-0.39, 0.29) is 11.1 Å². The van der Waals surface area contributed by atoms with Crippen molar-refractivity contribution in [2.24, 2.45) is 14.1 Å². The lowest BCUT2D eigenvalue weighted by Gasteiger charge is -2.30. The number of fused-ring (bicyclic) bond motifs is 2. The number of aryl methyl sites for hydroxylation is 3. The lowest BCUT2D eigenvalue weighted by Crippen LogP contribution is -2.36. The lowest BCUT2D eigenvalue weighted by atomic mass is 9.95. The molecule has 1 fully saturated rings. The van der Waals surface area contributed by atoms with Gasteiger partial charge in [0.05, 0.1) is 68.4 Å². The van der Waals surface area contributed by atoms with Crippen LogP contribution in [0.4, 0.5) is 5.69 Å². The molecule has 1 aliphatic rings. The van der Waals surface area contributed by atoms with Crippen LogP contribution < -0.4 is 10.6 Å². The molecule has 1 aliphatic heterocycles. The minimum absolute atomic E-state index is 0.0423. The smallest absolute Gasteiger partial charge is 0.328 e. The summed E-state index contributed by atoms with van der Waals surface area (Å²) in [6.07, 6.45) is 3.78. The van der Waals surface area contributed by atoms with Crippen molar-refractivity contribution in [2.45, 2.75) is 33.1 Å². The van der Waals surface area contributed by atoms with Crippen LogP contribution in [-0.2, 0) is 24.2 Å². The summed E-state index contributed by atoms with van der Waals surface area (Å²) in [6, 6.07) is 6.33. The van der Waals surface area contributed by atoms with E-state index in [0.717, 1.165) is 67.9 Å². The molecule has 5 aromatic rings. The Kier molecular flexibility index (Phi) is 5.50. The molecule has 1 saturated heterocycles. The van der Waals surface area contributed by atoms with Gasteiger partial charge in [-0.2, -0.15) is 0 Å². The van der Waals surface area contributed by atoms with Gasteiger partial charge in [0, 0.05) is 38.8 Å². The Labute approximate surface area is 219 Å². The van der Waals surface area contributed by atoms with Crippen molar-refractivity contribution in [1.29, 1.82) is 0 Å². The van der Waals surface area contributed by atoms with Gasteiger partial charge in [-0.3, -0.25) is 18.7 Å². The van der Waals surface area contributed by atoms with Gasteiger partial charge in [0.15, 0.2) is 0 Å². The summed E-state index contributed by atoms with van der Waals surface area (Å²) < 4.78 is 11.3. The third-order valence-electron chi connectivity index (χ3n) is 7.02. The summed E-state index contributed by atoms with van der Waals surface area (Å²) in [5, 5.41) is 1.01. The lowest BCUT2D eigenvalue weighted by molar-refractivity contribution is 0.123. The predicted molar refractivity (Wildman–Crippen MR) is 148 cm³/mol. The molecule has 9 nitrogen and oxygen atoms in total. The highest BCUT2D eigenvalue weighted by atomic mass is 32.1. The molecular formula is C27H31N7O2S. The third-order valence-corrected chi connectivity index (χ3v) is 7.96. The number of pyridine rings is 1. The highest BCUT2D eigenvalue weighted by molar-refractivity contribution is 7.15. The number of aromatic nitrogens is 6. The number of ether oxygens (including phenoxy) is 1. The molecule has 6 rings (SSSR count). The van der Waals surface area contributed by atoms with Crippen LogP contribution >= 0.6 is 11.3 Å². The highest BCUT2D eigenvalue weighted by Gasteiger charge is 2.27. The number of rotatable bonds is 3. The molecule has 0 atom stereocenters. The van der Waals surface area contributed by atoms with Crippen LogP contribution in [0.5, 0.6) is 0 Å². The molecule has 0 unspecified atom stereocenters. The maximum Gasteiger partial charge on any atom is 0.328 e. The average Bonchev–Trinajstić information content (AvgIpc) is 3.55. The van der Waals surface area contributed by atoms with Crippen LogP contribution in [0.2, 0.25) is 0 Å². The van der Waals surface area contributed by atoms with Gasteiger partial charge in [0.2, 0.25) is 0 Å². The van der Waals surface area contributed by atoms with Gasteiger partial charge in [-0.15, -0.1) is 11.3 Å². The molecule has 1 aromatic carbocycles. The molecule has 37 heavy (non-hydrogen) atoms. The van der Waals surface area contributed by atoms with E-state index in [0.29, 0.717) is 13.2 Å². The minimum atomic E-state index is -0.225. The van der Waals surface area contributed by atoms with Gasteiger partial charge in [-0.1, -0.05) is 20.8 Å². The molecule has 0 radical (unpaired) electrons. The Morgan fingerprint density at radius 3 is 2.41 bits per heavy atom. The van der Waals surface area contributed by atoms with Crippen molar-refractivity contribution >= 4 is 39.1 Å². The largest absolute Gasteiger partial charge is 0.378 e. The quantitative estimate of drug-likeness (QED) is 0.357. The molecular weight excluding hydrogens is 486 g/mol. The van der Waals surface area contributed by atoms with Crippen LogP contribution in [0.25, 0.3) is 38.3 Å². The number of anilines is 1. The topological polar surface area (TPSA) is 83.0 Å². The first-order valence-corrected chi connectivity index (χ1v) is 13.3. The fraction of sp³-hybridized carbons (Fsp3) is 0.407. The number of nitrogens with zero attached hydrogens (tertiary/aromatic N) is 7. The number of hydrogen-bond acceptors (Lipinski definition) is 7. The zero-order valence-corrected chi connectivity index (χ0v) is 22.9. The number of imidazole rings is 2. The Morgan fingerprint density at radius 1 is 0.973 bits per heavy atom. The SMILES string of the molecule is Cc1ncc(-c2cc3nc(C(C)(C)C)n(-c4cc(N5CCOCC5)c5c(c4)n(C)c(=O)n5C)c3cn2)s1. The predicted octanol–water partition coefficient (Wildman–Crippen LogP) is 4.18. The van der Waals surface area contributed by atoms with E-state index >= 15 is 0 Å². The first-order valence-electron chi connectivity index (χ1n) is 12.5. The average molecular weight is 518 g/mol. The number of benzene rings is 1. The molecule has 5 heterocycles. The summed E-state index contributed by atoms with van der Waals surface area (Å²) >= 11 is 1.63. The second kappa shape index (κ2) is 8.53. The number of morpholine rings is 1. The highest BCUT2D eigenvalue weighted by Crippen LogP contribution is 2.36. The van der Waals surface area contributed by atoms with Gasteiger partial charge < -0.3 is 9.64 Å². The molecule has 0 aliphatic carbocycles. The van der Waals surface area contributed by atoms with Crippen molar-refractivity contribution in [3.05, 3.63) is 51.9 Å². The van der Waals surface area contributed by atoms with Gasteiger partial charge in [0.25, 0.3) is 0 Å². The van der Waals surface area contributed by atoms with E-state index < -0.39 is 0 Å². The molecule has 0 spiro atoms. The van der Waals surface area contributed by atoms with E-state index in [9.17, 15) is 4.79 Å². The molecule has 4 aromatic heterocycles. The van der Waals surface area contributed by atoms with Crippen molar-refractivity contribution in [1.82, 2.24) is 28.7 Å². The molecule has 0 N–H and O–H groups in total. The van der Waals surface area contributed by atoms with Crippen LogP contribution in [0.1, 0.15) is 31.6 Å². The zero-order valence-electron chi connectivity index (χ0n) is 22.1. The van der Waals surface area contributed by atoms with Crippen molar-refractivity contribution < 1.29 is 4.74 Å². The van der Waals surface area contributed by atoms with Crippen LogP contribution in [0.3, 0.4) is 0 Å². The Balaban J connectivity index is 1.63. The van der Waals surface area contributed by atoms with Crippen LogP contribution in [-0.4, -0.2) is 55.0 Å². The van der Waals surface area contributed by atoms with Gasteiger partial charge in [-0.05, 0) is 25.1 Å². The minimum Gasteiger partial charge on any atom is -0.378 e. The first kappa shape index (κ1) is 23.9. The standard InChI is InChI=1S/C27H31N7O2S/c1-16-28-15-23(37-16)19-13-18-22(14-29-19)34(25(30-18)27(2,3)4)17-11-20-24(32(6)26(35)31(20)5)21(12-17)33-7-9-36-10-8-33/h11-15H,7-10H2,1-6H3. The van der Waals surface area contributed by atoms with E-state index in [1.807, 2.05) is 39.5 Å². The maximum atomic E-state index is 13.0. The first-order chi connectivity index (χ1) is 17.6. The summed E-state index contributed by atoms with van der Waals surface area (Å²) in [5.74, 6) is 0.940. The molecule has 0 saturated carbocycles. The number of hydrogen-bond donors (Lipinski definition) is 0. The van der Waals surface area contributed by atoms with Crippen LogP contribution in [0.15, 0.2) is 35.4 Å². The fourth-order valence-electron chi connectivity index (χ4n) is 5.14. The third kappa shape index (κ3) is 3.86. The maximum absolute atomic E-state index is 13.0. The van der Waals surface area contributed by atoms with Gasteiger partial charge in [-0.25, -0.2) is 14.8 Å². The molecule has 0 amide bonds. The summed E-state index contributed by atoms with van der Waals surface area (Å²) in [6.45, 7) is 11.4. The van der Waals surface area contributed by atoms with Crippen molar-refractivity contribution in [3.63, 3.8) is 0 Å². The normalized spacial score (nSPS) is 14.8. The fourth-order valence-corrected chi connectivity index (χ4v) is 5.89. The summed E-state index contributed by atoms with van der Waals surface area (Å²) in [7, 11) is 3.67. The second-order valence-electron chi connectivity index (χ2n) is 10.7. The second-order valence-corrected chi connectivity index (χ2v) is 11.9. The van der Waals surface area contributed by atoms with E-state index in [4.69, 9.17) is 14.7 Å². The molecule has 10 heteroatoms. The Morgan fingerprint density at radius 2 is 1.73 bits per heavy atom. The Hall–Kier alpha value is -3.50. The van der Waals surface area contributed by atoms with E-state index in [1.54, 1.807) is 20.5 Å². The zero-order chi connectivity index (χ0) is 26.1. The number of thiazole rings is 1. The van der Waals surface area contributed by atoms with E-state index in [2.05, 4.69) is 47.4 Å². The molecule has 0 bridgehead atoms. The van der Waals surface area contributed by atoms with Crippen LogP contribution in [0, 0.1) is 6.92 Å². The molecule has 192 valence electrons. The summed E-state index contributed by atoms with van der Waals surface area (Å²) in [4.78, 5) is 30.6. The van der Waals surface area contributed by atoms with E-state index in [1.165, 1.54) is 0 Å². The van der Waals surface area contributed by atoms with Gasteiger partial charge >= 0.3 is 5.69 Å². The monoisotopic (exact) mass is 517 g/mol. The summed E-state index contributed by atoms with van der Waals surface area (Å²) in [5.41, 5.74) is 6.24. The van der Waals surface area contributed by atoms with Gasteiger partial charge in [0.1, 0.15) is 5.82 Å². The Bertz CT molecular complexity index is 1710.